The van der Waals surface area contributed by atoms with Crippen LogP contribution in [-0.4, -0.2) is 40.2 Å². The molecule has 0 unspecified atom stereocenters. The number of nitrogens with zero attached hydrogens (tertiary/aromatic N) is 8. The van der Waals surface area contributed by atoms with Crippen LogP contribution in [0.3, 0.4) is 0 Å². The SMILES string of the molecule is O=C(O)CCCC[C@@H]1SC[C@@H]2NC(=O)N[C@@H]21.[N-]=[N+]=NN=NN=[N+]=[N-]. The quantitative estimate of drug-likeness (QED) is 0.157. The fourth-order valence-electron chi connectivity index (χ4n) is 2.34. The number of carboxylic acids is 1. The van der Waals surface area contributed by atoms with Crippen molar-refractivity contribution >= 4 is 23.8 Å². The summed E-state index contributed by atoms with van der Waals surface area (Å²) in [6.07, 6.45) is 2.88. The number of unbranched alkanes of at least 4 members (excludes halogenated alkanes) is 1. The van der Waals surface area contributed by atoms with E-state index in [1.807, 2.05) is 11.8 Å². The van der Waals surface area contributed by atoms with Crippen LogP contribution in [-0.2, 0) is 4.79 Å². The van der Waals surface area contributed by atoms with E-state index in [2.05, 4.69) is 41.4 Å². The molecule has 3 atom stereocenters. The van der Waals surface area contributed by atoms with E-state index in [1.165, 1.54) is 0 Å². The normalized spacial score (nSPS) is 23.8. The third-order valence-corrected chi connectivity index (χ3v) is 4.78. The maximum Gasteiger partial charge on any atom is 0.315 e. The summed E-state index contributed by atoms with van der Waals surface area (Å²) in [5.74, 6) is 0.236. The van der Waals surface area contributed by atoms with Gasteiger partial charge in [0.1, 0.15) is 0 Å². The number of azide groups is 2. The lowest BCUT2D eigenvalue weighted by Gasteiger charge is -2.16. The molecule has 2 aliphatic heterocycles. The number of hydrogen-bond donors (Lipinski definition) is 3. The number of carbonyl (C=O) groups excluding carboxylic acids is 1. The highest BCUT2D eigenvalue weighted by atomic mass is 32.2. The van der Waals surface area contributed by atoms with E-state index < -0.39 is 5.97 Å². The van der Waals surface area contributed by atoms with Crippen LogP contribution in [0.4, 0.5) is 4.79 Å². The molecule has 24 heavy (non-hydrogen) atoms. The molecule has 2 fully saturated rings. The minimum absolute atomic E-state index is 0.0640. The number of carboxylic acid groups (broad SMARTS) is 1. The molecule has 0 aromatic heterocycles. The van der Waals surface area contributed by atoms with Gasteiger partial charge in [0.15, 0.2) is 0 Å². The number of fused-ring (bicyclic) bond motifs is 1. The lowest BCUT2D eigenvalue weighted by Crippen LogP contribution is -2.36. The lowest BCUT2D eigenvalue weighted by atomic mass is 10.0. The maximum absolute atomic E-state index is 11.1. The Morgan fingerprint density at radius 2 is 1.92 bits per heavy atom. The van der Waals surface area contributed by atoms with Crippen LogP contribution >= 0.6 is 11.8 Å². The Hall–Kier alpha value is -2.69. The summed E-state index contributed by atoms with van der Waals surface area (Å²) < 4.78 is 0. The first-order valence-corrected chi connectivity index (χ1v) is 8.02. The topological polar surface area (TPSA) is 201 Å². The van der Waals surface area contributed by atoms with Gasteiger partial charge in [-0.3, -0.25) is 4.79 Å². The van der Waals surface area contributed by atoms with Crippen molar-refractivity contribution in [1.82, 2.24) is 10.6 Å². The van der Waals surface area contributed by atoms with Crippen molar-refractivity contribution in [2.45, 2.75) is 43.0 Å². The van der Waals surface area contributed by atoms with E-state index >= 15 is 0 Å². The summed E-state index contributed by atoms with van der Waals surface area (Å²) in [6, 6.07) is 0.440. The molecule has 0 saturated carbocycles. The Labute approximate surface area is 140 Å². The molecule has 0 bridgehead atoms. The summed E-state index contributed by atoms with van der Waals surface area (Å²) in [7, 11) is 0. The molecule has 2 heterocycles. The van der Waals surface area contributed by atoms with E-state index in [9.17, 15) is 9.59 Å². The molecule has 3 N–H and O–H groups in total. The first kappa shape index (κ1) is 19.4. The second-order valence-electron chi connectivity index (χ2n) is 4.80. The van der Waals surface area contributed by atoms with Crippen LogP contribution in [0.1, 0.15) is 25.7 Å². The van der Waals surface area contributed by atoms with Crippen LogP contribution in [0.2, 0.25) is 0 Å². The Morgan fingerprint density at radius 3 is 2.50 bits per heavy atom. The van der Waals surface area contributed by atoms with Crippen molar-refractivity contribution in [3.05, 3.63) is 20.9 Å². The van der Waals surface area contributed by atoms with Crippen LogP contribution in [0.15, 0.2) is 20.9 Å². The lowest BCUT2D eigenvalue weighted by molar-refractivity contribution is -0.137. The van der Waals surface area contributed by atoms with E-state index in [-0.39, 0.29) is 24.5 Å². The minimum atomic E-state index is -0.729. The molecular weight excluding hydrogens is 340 g/mol. The van der Waals surface area contributed by atoms with E-state index in [1.54, 1.807) is 0 Å². The molecule has 14 heteroatoms. The average Bonchev–Trinajstić information content (AvgIpc) is 3.08. The third kappa shape index (κ3) is 7.05. The highest BCUT2D eigenvalue weighted by molar-refractivity contribution is 8.00. The molecule has 2 aliphatic rings. The number of urea groups is 1. The summed E-state index contributed by atoms with van der Waals surface area (Å²) in [6.45, 7) is 0. The van der Waals surface area contributed by atoms with Gasteiger partial charge in [-0.25, -0.2) is 4.79 Å². The molecular formula is C10H16N10O3S. The Kier molecular flexibility index (Phi) is 8.82. The van der Waals surface area contributed by atoms with Gasteiger partial charge in [-0.2, -0.15) is 21.6 Å². The number of rotatable bonds is 7. The van der Waals surface area contributed by atoms with Gasteiger partial charge in [0, 0.05) is 17.4 Å². The van der Waals surface area contributed by atoms with Gasteiger partial charge in [-0.15, -0.1) is 11.1 Å². The van der Waals surface area contributed by atoms with Gasteiger partial charge in [0.05, 0.1) is 22.5 Å². The third-order valence-electron chi connectivity index (χ3n) is 3.27. The number of aliphatic carboxylic acids is 1. The van der Waals surface area contributed by atoms with Crippen molar-refractivity contribution < 1.29 is 14.7 Å². The van der Waals surface area contributed by atoms with Gasteiger partial charge in [0.25, 0.3) is 0 Å². The van der Waals surface area contributed by atoms with Crippen LogP contribution < -0.4 is 10.6 Å². The van der Waals surface area contributed by atoms with Gasteiger partial charge in [0.2, 0.25) is 10.4 Å². The molecule has 0 spiro atoms. The van der Waals surface area contributed by atoms with Crippen molar-refractivity contribution in [1.29, 1.82) is 0 Å². The standard InChI is InChI=1S/C10H16N2O3S.N8/c13-8(14)4-2-1-3-7-9-6(5-16-7)11-10(15)12-9;1-3-5-7-8-6-4-2/h6-7,9H,1-5H2,(H,13,14)(H2,11,12,15);/t6-,7-,9-;/m0./s1. The van der Waals surface area contributed by atoms with Crippen LogP contribution in [0.5, 0.6) is 0 Å². The number of amides is 2. The molecule has 13 nitrogen and oxygen atoms in total. The molecule has 2 saturated heterocycles. The largest absolute Gasteiger partial charge is 0.481 e. The van der Waals surface area contributed by atoms with Gasteiger partial charge in [-0.1, -0.05) is 6.42 Å². The minimum Gasteiger partial charge on any atom is -0.481 e. The second-order valence-corrected chi connectivity index (χ2v) is 6.07. The predicted molar refractivity (Wildman–Crippen MR) is 84.7 cm³/mol. The van der Waals surface area contributed by atoms with Crippen LogP contribution in [0.25, 0.3) is 20.9 Å². The van der Waals surface area contributed by atoms with Gasteiger partial charge >= 0.3 is 12.0 Å². The Balaban J connectivity index is 0.000000307. The van der Waals surface area contributed by atoms with Crippen molar-refractivity contribution in [2.24, 2.45) is 20.9 Å². The Bertz CT molecular complexity index is 551. The number of carbonyl (C=O) groups is 2. The van der Waals surface area contributed by atoms with Crippen molar-refractivity contribution in [3.63, 3.8) is 0 Å². The van der Waals surface area contributed by atoms with Crippen LogP contribution in [0, 0.1) is 0 Å². The monoisotopic (exact) mass is 356 g/mol. The van der Waals surface area contributed by atoms with Crippen molar-refractivity contribution in [3.8, 4) is 0 Å². The highest BCUT2D eigenvalue weighted by Crippen LogP contribution is 2.33. The number of hydrogen-bond acceptors (Lipinski definition) is 3. The summed E-state index contributed by atoms with van der Waals surface area (Å²) in [5.41, 5.74) is 15.1. The van der Waals surface area contributed by atoms with Crippen molar-refractivity contribution in [2.75, 3.05) is 5.75 Å². The molecule has 2 amide bonds. The fraction of sp³-hybridized carbons (Fsp3) is 0.800. The zero-order valence-corrected chi connectivity index (χ0v) is 13.3. The highest BCUT2D eigenvalue weighted by Gasteiger charge is 2.42. The molecule has 0 aromatic carbocycles. The number of nitrogens with one attached hydrogen (secondary N) is 2. The van der Waals surface area contributed by atoms with E-state index in [0.29, 0.717) is 5.25 Å². The van der Waals surface area contributed by atoms with Gasteiger partial charge < -0.3 is 15.7 Å². The molecule has 2 rings (SSSR count). The summed E-state index contributed by atoms with van der Waals surface area (Å²) in [4.78, 5) is 25.8. The zero-order chi connectivity index (χ0) is 17.8. The van der Waals surface area contributed by atoms with Gasteiger partial charge in [-0.05, 0) is 12.8 Å². The molecule has 0 aromatic rings. The first-order valence-electron chi connectivity index (χ1n) is 6.97. The molecule has 0 radical (unpaired) electrons. The fourth-order valence-corrected chi connectivity index (χ4v) is 3.88. The predicted octanol–water partition coefficient (Wildman–Crippen LogP) is 2.69. The summed E-state index contributed by atoms with van der Waals surface area (Å²) >= 11 is 1.87. The van der Waals surface area contributed by atoms with E-state index in [0.717, 1.165) is 25.0 Å². The smallest absolute Gasteiger partial charge is 0.315 e. The summed E-state index contributed by atoms with van der Waals surface area (Å²) in [5, 5.41) is 25.3. The average molecular weight is 356 g/mol. The Morgan fingerprint density at radius 1 is 1.25 bits per heavy atom. The maximum atomic E-state index is 11.1. The molecule has 0 aliphatic carbocycles. The second kappa shape index (κ2) is 10.9. The van der Waals surface area contributed by atoms with E-state index in [4.69, 9.17) is 16.2 Å². The molecule has 130 valence electrons. The first-order chi connectivity index (χ1) is 11.6. The zero-order valence-electron chi connectivity index (χ0n) is 12.5. The number of thioether (sulfide) groups is 1.